The van der Waals surface area contributed by atoms with Crippen LogP contribution in [0.3, 0.4) is 0 Å². The van der Waals surface area contributed by atoms with Crippen LogP contribution in [0.2, 0.25) is 0 Å². The van der Waals surface area contributed by atoms with Gasteiger partial charge < -0.3 is 10.4 Å². The van der Waals surface area contributed by atoms with Crippen molar-refractivity contribution in [1.29, 1.82) is 0 Å². The third-order valence-corrected chi connectivity index (χ3v) is 3.55. The highest BCUT2D eigenvalue weighted by atomic mass is 16.3. The zero-order valence-corrected chi connectivity index (χ0v) is 12.6. The molecule has 0 unspecified atom stereocenters. The summed E-state index contributed by atoms with van der Waals surface area (Å²) in [6.07, 6.45) is 1.59. The molecule has 7 heteroatoms. The van der Waals surface area contributed by atoms with E-state index < -0.39 is 0 Å². The monoisotopic (exact) mass is 311 g/mol. The lowest BCUT2D eigenvalue weighted by molar-refractivity contribution is 0.249. The van der Waals surface area contributed by atoms with Crippen molar-refractivity contribution in [2.24, 2.45) is 0 Å². The van der Waals surface area contributed by atoms with Gasteiger partial charge in [0.15, 0.2) is 0 Å². The van der Waals surface area contributed by atoms with Crippen LogP contribution in [0.5, 0.6) is 0 Å². The van der Waals surface area contributed by atoms with Crippen LogP contribution in [-0.2, 0) is 6.61 Å². The van der Waals surface area contributed by atoms with E-state index in [0.717, 1.165) is 10.9 Å². The largest absolute Gasteiger partial charge is 0.390 e. The maximum Gasteiger partial charge on any atom is 0.320 e. The molecule has 1 aromatic carbocycles. The van der Waals surface area contributed by atoms with Crippen LogP contribution in [-0.4, -0.2) is 26.3 Å². The van der Waals surface area contributed by atoms with E-state index in [2.05, 4.69) is 25.8 Å². The summed E-state index contributed by atoms with van der Waals surface area (Å²) < 4.78 is 0. The third kappa shape index (κ3) is 3.29. The number of amides is 2. The molecule has 23 heavy (non-hydrogen) atoms. The Hall–Kier alpha value is -2.93. The minimum atomic E-state index is -0.364. The maximum atomic E-state index is 12.1. The summed E-state index contributed by atoms with van der Waals surface area (Å²) >= 11 is 0. The lowest BCUT2D eigenvalue weighted by atomic mass is 10.1. The minimum Gasteiger partial charge on any atom is -0.390 e. The van der Waals surface area contributed by atoms with Gasteiger partial charge in [-0.25, -0.2) is 9.78 Å². The van der Waals surface area contributed by atoms with Gasteiger partial charge in [-0.05, 0) is 12.5 Å². The van der Waals surface area contributed by atoms with Crippen LogP contribution in [0, 0.1) is 0 Å². The van der Waals surface area contributed by atoms with E-state index in [0.29, 0.717) is 17.0 Å². The molecular formula is C16H17N5O2. The van der Waals surface area contributed by atoms with Crippen molar-refractivity contribution in [3.63, 3.8) is 0 Å². The van der Waals surface area contributed by atoms with Crippen LogP contribution in [0.4, 0.5) is 10.6 Å². The number of benzene rings is 1. The van der Waals surface area contributed by atoms with Gasteiger partial charge in [0.2, 0.25) is 0 Å². The second-order valence-electron chi connectivity index (χ2n) is 5.17. The van der Waals surface area contributed by atoms with Crippen molar-refractivity contribution in [2.75, 3.05) is 5.32 Å². The van der Waals surface area contributed by atoms with Crippen molar-refractivity contribution < 1.29 is 9.90 Å². The topological polar surface area (TPSA) is 103 Å². The summed E-state index contributed by atoms with van der Waals surface area (Å²) in [5.74, 6) is 0.351. The lowest BCUT2D eigenvalue weighted by Crippen LogP contribution is -2.31. The number of fused-ring (bicyclic) bond motifs is 1. The summed E-state index contributed by atoms with van der Waals surface area (Å²) in [6, 6.07) is 10.8. The number of rotatable bonds is 4. The Bertz CT molecular complexity index is 816. The molecule has 0 fully saturated rings. The zero-order valence-electron chi connectivity index (χ0n) is 12.6. The second-order valence-corrected chi connectivity index (χ2v) is 5.17. The van der Waals surface area contributed by atoms with Crippen LogP contribution in [0.1, 0.15) is 24.2 Å². The normalized spacial score (nSPS) is 12.1. The van der Waals surface area contributed by atoms with Crippen molar-refractivity contribution in [3.8, 4) is 0 Å². The van der Waals surface area contributed by atoms with Gasteiger partial charge in [-0.2, -0.15) is 5.10 Å². The van der Waals surface area contributed by atoms with Crippen molar-refractivity contribution in [2.45, 2.75) is 19.6 Å². The smallest absolute Gasteiger partial charge is 0.320 e. The summed E-state index contributed by atoms with van der Waals surface area (Å²) in [6.45, 7) is 1.67. The van der Waals surface area contributed by atoms with Crippen LogP contribution >= 0.6 is 0 Å². The molecule has 0 aliphatic heterocycles. The summed E-state index contributed by atoms with van der Waals surface area (Å²) in [4.78, 5) is 16.3. The molecule has 0 saturated heterocycles. The van der Waals surface area contributed by atoms with E-state index in [9.17, 15) is 9.90 Å². The van der Waals surface area contributed by atoms with E-state index in [1.54, 1.807) is 12.3 Å². The number of H-pyrrole nitrogens is 1. The fourth-order valence-corrected chi connectivity index (χ4v) is 2.37. The highest BCUT2D eigenvalue weighted by Crippen LogP contribution is 2.19. The average Bonchev–Trinajstić information content (AvgIpc) is 3.03. The molecule has 0 aliphatic carbocycles. The predicted octanol–water partition coefficient (Wildman–Crippen LogP) is 2.33. The highest BCUT2D eigenvalue weighted by molar-refractivity contribution is 5.91. The Morgan fingerprint density at radius 1 is 1.35 bits per heavy atom. The van der Waals surface area contributed by atoms with E-state index >= 15 is 0 Å². The summed E-state index contributed by atoms with van der Waals surface area (Å²) in [7, 11) is 0. The molecule has 0 bridgehead atoms. The van der Waals surface area contributed by atoms with Gasteiger partial charge in [-0.15, -0.1) is 0 Å². The summed E-state index contributed by atoms with van der Waals surface area (Å²) in [5.41, 5.74) is 2.17. The van der Waals surface area contributed by atoms with Crippen LogP contribution in [0.15, 0.2) is 42.6 Å². The molecular weight excluding hydrogens is 294 g/mol. The Morgan fingerprint density at radius 2 is 2.13 bits per heavy atom. The number of hydrogen-bond donors (Lipinski definition) is 4. The first-order valence-electron chi connectivity index (χ1n) is 7.23. The SMILES string of the molecule is C[C@H](NC(=O)Nc1cc2[nH]ncc2c(CO)n1)c1ccccc1. The lowest BCUT2D eigenvalue weighted by Gasteiger charge is -2.15. The number of carbonyl (C=O) groups excluding carboxylic acids is 1. The second kappa shape index (κ2) is 6.45. The molecule has 7 nitrogen and oxygen atoms in total. The number of nitrogens with one attached hydrogen (secondary N) is 3. The van der Waals surface area contributed by atoms with Crippen LogP contribution < -0.4 is 10.6 Å². The fourth-order valence-electron chi connectivity index (χ4n) is 2.37. The Kier molecular flexibility index (Phi) is 4.20. The minimum absolute atomic E-state index is 0.135. The van der Waals surface area contributed by atoms with Crippen LogP contribution in [0.25, 0.3) is 10.9 Å². The van der Waals surface area contributed by atoms with Crippen molar-refractivity contribution in [1.82, 2.24) is 20.5 Å². The molecule has 2 aromatic heterocycles. The van der Waals surface area contributed by atoms with Crippen molar-refractivity contribution in [3.05, 3.63) is 53.9 Å². The number of pyridine rings is 1. The quantitative estimate of drug-likeness (QED) is 0.593. The van der Waals surface area contributed by atoms with Gasteiger partial charge >= 0.3 is 6.03 Å². The van der Waals surface area contributed by atoms with Gasteiger partial charge in [-0.1, -0.05) is 30.3 Å². The Balaban J connectivity index is 1.72. The highest BCUT2D eigenvalue weighted by Gasteiger charge is 2.12. The number of aromatic nitrogens is 3. The summed E-state index contributed by atoms with van der Waals surface area (Å²) in [5, 5.41) is 22.3. The molecule has 0 aliphatic rings. The first-order chi connectivity index (χ1) is 11.2. The number of urea groups is 1. The van der Waals surface area contributed by atoms with Gasteiger partial charge in [0, 0.05) is 11.5 Å². The zero-order chi connectivity index (χ0) is 16.2. The molecule has 0 saturated carbocycles. The number of aliphatic hydroxyl groups excluding tert-OH is 1. The molecule has 3 aromatic rings. The molecule has 2 amide bonds. The maximum absolute atomic E-state index is 12.1. The molecule has 118 valence electrons. The van der Waals surface area contributed by atoms with Gasteiger partial charge in [0.05, 0.1) is 30.1 Å². The average molecular weight is 311 g/mol. The van der Waals surface area contributed by atoms with Gasteiger partial charge in [-0.3, -0.25) is 10.4 Å². The number of aromatic amines is 1. The van der Waals surface area contributed by atoms with E-state index in [-0.39, 0.29) is 18.7 Å². The number of hydrogen-bond acceptors (Lipinski definition) is 4. The van der Waals surface area contributed by atoms with Crippen molar-refractivity contribution >= 4 is 22.8 Å². The third-order valence-electron chi connectivity index (χ3n) is 3.55. The number of aliphatic hydroxyl groups is 1. The molecule has 0 radical (unpaired) electrons. The molecule has 3 rings (SSSR count). The van der Waals surface area contributed by atoms with Gasteiger partial charge in [0.25, 0.3) is 0 Å². The number of anilines is 1. The Labute approximate surface area is 132 Å². The fraction of sp³-hybridized carbons (Fsp3) is 0.188. The predicted molar refractivity (Wildman–Crippen MR) is 86.8 cm³/mol. The molecule has 2 heterocycles. The number of carbonyl (C=O) groups is 1. The Morgan fingerprint density at radius 3 is 2.87 bits per heavy atom. The number of nitrogens with zero attached hydrogens (tertiary/aromatic N) is 2. The molecule has 4 N–H and O–H groups in total. The van der Waals surface area contributed by atoms with E-state index in [1.165, 1.54) is 0 Å². The van der Waals surface area contributed by atoms with E-state index in [4.69, 9.17) is 0 Å². The molecule has 0 spiro atoms. The molecule has 1 atom stereocenters. The first-order valence-corrected chi connectivity index (χ1v) is 7.23. The first kappa shape index (κ1) is 15.0. The standard InChI is InChI=1S/C16H17N5O2/c1-10(11-5-3-2-4-6-11)18-16(23)20-15-7-13-12(8-17-21-13)14(9-22)19-15/h2-8,10,22H,9H2,1H3,(H,17,21)(H2,18,19,20,23)/t10-/m0/s1. The van der Waals surface area contributed by atoms with Gasteiger partial charge in [0.1, 0.15) is 5.82 Å². The van der Waals surface area contributed by atoms with E-state index in [1.807, 2.05) is 37.3 Å².